The minimum atomic E-state index is -0.724. The summed E-state index contributed by atoms with van der Waals surface area (Å²) in [7, 11) is 2.20. The summed E-state index contributed by atoms with van der Waals surface area (Å²) in [5.41, 5.74) is 13.6. The molecule has 234 valence electrons. The molecule has 0 aromatic heterocycles. The van der Waals surface area contributed by atoms with Crippen LogP contribution in [0.15, 0.2) is 0 Å². The Hall–Kier alpha value is -0.480. The standard InChI is InChI=1S/C32H57ClN6O2/c1-38-14-7-10-24(38)20-41-27-11-15-39(23-8-3-2-4-9-23)19-26(27)37-30(40)28(29(34)35)25-17-32-13-6-5-12-31(32,21-32)16-22(33)18-36-25/h22-29,36H,2-21,34-35H2,1H3,(H,37,40)/t22?,24-,25?,26?,27?,28?,31-,32?/m0/s1. The van der Waals surface area contributed by atoms with E-state index in [1.54, 1.807) is 0 Å². The molecule has 6 fully saturated rings. The molecule has 41 heavy (non-hydrogen) atoms. The van der Waals surface area contributed by atoms with Crippen molar-refractivity contribution in [2.45, 2.75) is 138 Å². The molecule has 0 aromatic carbocycles. The third-order valence-corrected chi connectivity index (χ3v) is 12.7. The van der Waals surface area contributed by atoms with E-state index in [2.05, 4.69) is 27.5 Å². The number of rotatable bonds is 8. The van der Waals surface area contributed by atoms with Crippen LogP contribution in [-0.2, 0) is 9.53 Å². The molecule has 3 aliphatic heterocycles. The van der Waals surface area contributed by atoms with Crippen LogP contribution in [-0.4, -0.2) is 97.4 Å². The fraction of sp³-hybridized carbons (Fsp3) is 0.969. The quantitative estimate of drug-likeness (QED) is 0.253. The summed E-state index contributed by atoms with van der Waals surface area (Å²) in [4.78, 5) is 19.3. The number of likely N-dealkylation sites (tertiary alicyclic amines) is 2. The van der Waals surface area contributed by atoms with Crippen LogP contribution in [0.5, 0.6) is 0 Å². The summed E-state index contributed by atoms with van der Waals surface area (Å²) in [6.45, 7) is 4.49. The summed E-state index contributed by atoms with van der Waals surface area (Å²) in [5.74, 6) is -0.497. The highest BCUT2D eigenvalue weighted by Gasteiger charge is 2.68. The van der Waals surface area contributed by atoms with Gasteiger partial charge in [0.25, 0.3) is 0 Å². The molecule has 3 heterocycles. The molecule has 9 heteroatoms. The van der Waals surface area contributed by atoms with Crippen LogP contribution in [0.25, 0.3) is 0 Å². The number of piperidine rings is 1. The van der Waals surface area contributed by atoms with Crippen LogP contribution >= 0.6 is 11.6 Å². The number of halogens is 1. The van der Waals surface area contributed by atoms with E-state index < -0.39 is 12.1 Å². The van der Waals surface area contributed by atoms with E-state index in [4.69, 9.17) is 27.8 Å². The Labute approximate surface area is 253 Å². The Balaban J connectivity index is 1.16. The SMILES string of the molecule is CN1CCC[C@H]1COC1CCN(C2CCCCC2)CC1NC(=O)C(C(N)N)C1CC23CCCC[C@]2(CC(Cl)CN1)C3. The fourth-order valence-corrected chi connectivity index (χ4v) is 10.3. The first-order chi connectivity index (χ1) is 19.8. The van der Waals surface area contributed by atoms with Gasteiger partial charge in [0.15, 0.2) is 0 Å². The summed E-state index contributed by atoms with van der Waals surface area (Å²) in [6.07, 6.45) is 17.6. The van der Waals surface area contributed by atoms with Crippen molar-refractivity contribution in [3.05, 3.63) is 0 Å². The minimum absolute atomic E-state index is 0.00951. The predicted molar refractivity (Wildman–Crippen MR) is 165 cm³/mol. The van der Waals surface area contributed by atoms with Gasteiger partial charge in [0, 0.05) is 43.1 Å². The molecular weight excluding hydrogens is 536 g/mol. The number of hydrogen-bond donors (Lipinski definition) is 4. The van der Waals surface area contributed by atoms with Crippen molar-refractivity contribution in [2.24, 2.45) is 28.2 Å². The second kappa shape index (κ2) is 12.9. The lowest BCUT2D eigenvalue weighted by Gasteiger charge is -2.45. The molecule has 3 aliphatic carbocycles. The number of ether oxygens (including phenoxy) is 1. The maximum absolute atomic E-state index is 14.2. The first kappa shape index (κ1) is 30.5. The topological polar surface area (TPSA) is 109 Å². The van der Waals surface area contributed by atoms with E-state index in [-0.39, 0.29) is 29.5 Å². The predicted octanol–water partition coefficient (Wildman–Crippen LogP) is 3.16. The molecule has 8 nitrogen and oxygen atoms in total. The van der Waals surface area contributed by atoms with E-state index in [1.165, 1.54) is 77.0 Å². The van der Waals surface area contributed by atoms with E-state index in [0.29, 0.717) is 29.5 Å². The lowest BCUT2D eigenvalue weighted by molar-refractivity contribution is -0.130. The van der Waals surface area contributed by atoms with Crippen LogP contribution < -0.4 is 22.1 Å². The van der Waals surface area contributed by atoms with Gasteiger partial charge in [-0.2, -0.15) is 0 Å². The van der Waals surface area contributed by atoms with Gasteiger partial charge in [-0.05, 0) is 88.6 Å². The van der Waals surface area contributed by atoms with Crippen molar-refractivity contribution < 1.29 is 9.53 Å². The molecule has 0 aromatic rings. The average Bonchev–Trinajstić information content (AvgIpc) is 3.40. The van der Waals surface area contributed by atoms with Crippen LogP contribution in [0.3, 0.4) is 0 Å². The number of carbonyl (C=O) groups is 1. The Morgan fingerprint density at radius 1 is 1.02 bits per heavy atom. The average molecular weight is 593 g/mol. The van der Waals surface area contributed by atoms with Crippen molar-refractivity contribution in [3.8, 4) is 0 Å². The zero-order chi connectivity index (χ0) is 28.6. The van der Waals surface area contributed by atoms with E-state index in [9.17, 15) is 4.79 Å². The summed E-state index contributed by atoms with van der Waals surface area (Å²) >= 11 is 6.87. The molecule has 6 N–H and O–H groups in total. The molecule has 3 saturated carbocycles. The minimum Gasteiger partial charge on any atom is -0.374 e. The van der Waals surface area contributed by atoms with E-state index in [1.807, 2.05) is 0 Å². The summed E-state index contributed by atoms with van der Waals surface area (Å²) in [5, 5.41) is 7.27. The maximum Gasteiger partial charge on any atom is 0.227 e. The van der Waals surface area contributed by atoms with Gasteiger partial charge in [0.2, 0.25) is 5.91 Å². The molecule has 0 radical (unpaired) electrons. The number of nitrogens with two attached hydrogens (primary N) is 2. The number of nitrogens with zero attached hydrogens (tertiary/aromatic N) is 2. The lowest BCUT2D eigenvalue weighted by Crippen LogP contribution is -2.63. The second-order valence-electron chi connectivity index (χ2n) is 14.9. The zero-order valence-corrected chi connectivity index (χ0v) is 26.3. The van der Waals surface area contributed by atoms with Gasteiger partial charge in [-0.15, -0.1) is 11.6 Å². The van der Waals surface area contributed by atoms with Crippen LogP contribution in [0.4, 0.5) is 0 Å². The first-order valence-electron chi connectivity index (χ1n) is 17.0. The summed E-state index contributed by atoms with van der Waals surface area (Å²) < 4.78 is 6.64. The highest BCUT2D eigenvalue weighted by atomic mass is 35.5. The van der Waals surface area contributed by atoms with Crippen LogP contribution in [0, 0.1) is 16.7 Å². The van der Waals surface area contributed by atoms with Gasteiger partial charge in [0.1, 0.15) is 0 Å². The third kappa shape index (κ3) is 6.50. The molecule has 8 atom stereocenters. The van der Waals surface area contributed by atoms with Crippen molar-refractivity contribution >= 4 is 17.5 Å². The first-order valence-corrected chi connectivity index (χ1v) is 17.5. The number of nitrogens with one attached hydrogen (secondary N) is 2. The number of hydrogen-bond acceptors (Lipinski definition) is 7. The number of alkyl halides is 1. The van der Waals surface area contributed by atoms with Gasteiger partial charge in [-0.3, -0.25) is 9.69 Å². The molecule has 6 rings (SSSR count). The number of likely N-dealkylation sites (N-methyl/N-ethyl adjacent to an activating group) is 1. The van der Waals surface area contributed by atoms with Gasteiger partial charge in [0.05, 0.1) is 30.8 Å². The highest BCUT2D eigenvalue weighted by Crippen LogP contribution is 2.76. The maximum atomic E-state index is 14.2. The molecule has 0 bridgehead atoms. The Kier molecular flexibility index (Phi) is 9.58. The normalized spacial score (nSPS) is 41.7. The number of carbonyl (C=O) groups excluding carboxylic acids is 1. The summed E-state index contributed by atoms with van der Waals surface area (Å²) in [6, 6.07) is 0.998. The third-order valence-electron chi connectivity index (χ3n) is 12.4. The Morgan fingerprint density at radius 2 is 1.78 bits per heavy atom. The van der Waals surface area contributed by atoms with Crippen molar-refractivity contribution in [1.82, 2.24) is 20.4 Å². The van der Waals surface area contributed by atoms with Gasteiger partial charge in [-0.25, -0.2) is 0 Å². The molecule has 6 aliphatic rings. The van der Waals surface area contributed by atoms with Crippen LogP contribution in [0.2, 0.25) is 0 Å². The van der Waals surface area contributed by atoms with Crippen molar-refractivity contribution in [2.75, 3.05) is 39.8 Å². The second-order valence-corrected chi connectivity index (χ2v) is 15.5. The molecular formula is C32H57ClN6O2. The smallest absolute Gasteiger partial charge is 0.227 e. The van der Waals surface area contributed by atoms with Crippen molar-refractivity contribution in [3.63, 3.8) is 0 Å². The lowest BCUT2D eigenvalue weighted by atomic mass is 9.71. The van der Waals surface area contributed by atoms with Gasteiger partial charge >= 0.3 is 0 Å². The van der Waals surface area contributed by atoms with Gasteiger partial charge < -0.3 is 31.7 Å². The molecule has 6 unspecified atom stereocenters. The van der Waals surface area contributed by atoms with E-state index in [0.717, 1.165) is 45.5 Å². The number of amides is 1. The Morgan fingerprint density at radius 3 is 2.49 bits per heavy atom. The van der Waals surface area contributed by atoms with Gasteiger partial charge in [-0.1, -0.05) is 32.1 Å². The zero-order valence-electron chi connectivity index (χ0n) is 25.5. The Bertz CT molecular complexity index is 903. The molecule has 3 saturated heterocycles. The van der Waals surface area contributed by atoms with Crippen molar-refractivity contribution in [1.29, 1.82) is 0 Å². The van der Waals surface area contributed by atoms with Crippen LogP contribution in [0.1, 0.15) is 96.3 Å². The van der Waals surface area contributed by atoms with E-state index >= 15 is 0 Å². The monoisotopic (exact) mass is 592 g/mol. The molecule has 1 amide bonds. The fourth-order valence-electron chi connectivity index (χ4n) is 9.94. The molecule has 0 spiro atoms. The largest absolute Gasteiger partial charge is 0.374 e. The highest BCUT2D eigenvalue weighted by molar-refractivity contribution is 6.20.